The third-order valence-corrected chi connectivity index (χ3v) is 6.55. The van der Waals surface area contributed by atoms with Crippen molar-refractivity contribution in [2.45, 2.75) is 32.2 Å². The zero-order valence-corrected chi connectivity index (χ0v) is 15.8. The summed E-state index contributed by atoms with van der Waals surface area (Å²) in [6, 6.07) is 5.42. The number of aromatic nitrogens is 1. The van der Waals surface area contributed by atoms with Crippen molar-refractivity contribution in [3.8, 4) is 0 Å². The van der Waals surface area contributed by atoms with Gasteiger partial charge in [-0.1, -0.05) is 6.07 Å². The summed E-state index contributed by atoms with van der Waals surface area (Å²) in [5.74, 6) is 0.226. The molecule has 8 heteroatoms. The summed E-state index contributed by atoms with van der Waals surface area (Å²) >= 11 is 0. The summed E-state index contributed by atoms with van der Waals surface area (Å²) in [5.41, 5.74) is 0.691. The van der Waals surface area contributed by atoms with Crippen LogP contribution in [-0.2, 0) is 26.1 Å². The van der Waals surface area contributed by atoms with Crippen LogP contribution in [0.3, 0.4) is 0 Å². The maximum atomic E-state index is 12.7. The van der Waals surface area contributed by atoms with E-state index in [1.165, 1.54) is 0 Å². The van der Waals surface area contributed by atoms with Gasteiger partial charge in [0.05, 0.1) is 18.0 Å². The molecule has 1 amide bonds. The molecular formula is C18H27N3O4S. The van der Waals surface area contributed by atoms with Gasteiger partial charge in [-0.2, -0.15) is 0 Å². The number of hydrogen-bond acceptors (Lipinski definition) is 5. The third kappa shape index (κ3) is 5.49. The van der Waals surface area contributed by atoms with Gasteiger partial charge < -0.3 is 9.64 Å². The molecule has 2 saturated heterocycles. The number of piperidine rings is 1. The average Bonchev–Trinajstić information content (AvgIpc) is 2.67. The molecule has 7 nitrogen and oxygen atoms in total. The molecule has 1 aromatic rings. The number of rotatable bonds is 6. The zero-order valence-electron chi connectivity index (χ0n) is 15.0. The number of hydrogen-bond donors (Lipinski definition) is 1. The molecule has 3 heterocycles. The van der Waals surface area contributed by atoms with Crippen LogP contribution >= 0.6 is 0 Å². The minimum absolute atomic E-state index is 0.0197. The largest absolute Gasteiger partial charge is 0.381 e. The summed E-state index contributed by atoms with van der Waals surface area (Å²) in [7, 11) is -3.40. The molecule has 0 unspecified atom stereocenters. The predicted octanol–water partition coefficient (Wildman–Crippen LogP) is 1.17. The quantitative estimate of drug-likeness (QED) is 0.799. The normalized spacial score (nSPS) is 22.3. The van der Waals surface area contributed by atoms with Crippen LogP contribution in [0.5, 0.6) is 0 Å². The molecule has 0 aromatic carbocycles. The number of nitrogens with one attached hydrogen (secondary N) is 1. The number of carbonyl (C=O) groups is 1. The molecule has 1 atom stereocenters. The van der Waals surface area contributed by atoms with E-state index in [1.54, 1.807) is 18.3 Å². The number of likely N-dealkylation sites (tertiary alicyclic amines) is 1. The highest BCUT2D eigenvalue weighted by Gasteiger charge is 2.31. The first-order valence-electron chi connectivity index (χ1n) is 9.27. The van der Waals surface area contributed by atoms with Gasteiger partial charge in [0.25, 0.3) is 0 Å². The first-order chi connectivity index (χ1) is 12.5. The second-order valence-electron chi connectivity index (χ2n) is 7.10. The summed E-state index contributed by atoms with van der Waals surface area (Å²) in [6.07, 6.45) is 4.87. The lowest BCUT2D eigenvalue weighted by atomic mass is 9.95. The first kappa shape index (κ1) is 19.3. The van der Waals surface area contributed by atoms with E-state index in [9.17, 15) is 13.2 Å². The number of sulfonamides is 1. The van der Waals surface area contributed by atoms with Crippen LogP contribution < -0.4 is 4.72 Å². The van der Waals surface area contributed by atoms with Gasteiger partial charge in [0, 0.05) is 38.4 Å². The Balaban J connectivity index is 1.51. The van der Waals surface area contributed by atoms with Crippen molar-refractivity contribution in [2.75, 3.05) is 32.1 Å². The van der Waals surface area contributed by atoms with E-state index in [2.05, 4.69) is 9.71 Å². The lowest BCUT2D eigenvalue weighted by Crippen LogP contribution is -2.46. The first-order valence-corrected chi connectivity index (χ1v) is 10.9. The van der Waals surface area contributed by atoms with Crippen LogP contribution in [0, 0.1) is 11.8 Å². The molecule has 2 fully saturated rings. The molecule has 0 saturated carbocycles. The van der Waals surface area contributed by atoms with E-state index in [1.807, 2.05) is 11.0 Å². The van der Waals surface area contributed by atoms with Gasteiger partial charge in [-0.3, -0.25) is 9.78 Å². The summed E-state index contributed by atoms with van der Waals surface area (Å²) in [6.45, 7) is 2.73. The van der Waals surface area contributed by atoms with E-state index in [-0.39, 0.29) is 30.0 Å². The SMILES string of the molecule is O=C(C1CCOCC1)N1CCC[C@H](CS(=O)(=O)NCc2ccccn2)C1. The van der Waals surface area contributed by atoms with Gasteiger partial charge in [-0.25, -0.2) is 13.1 Å². The lowest BCUT2D eigenvalue weighted by Gasteiger charge is -2.35. The van der Waals surface area contributed by atoms with Gasteiger partial charge in [-0.15, -0.1) is 0 Å². The van der Waals surface area contributed by atoms with Crippen molar-refractivity contribution < 1.29 is 17.9 Å². The van der Waals surface area contributed by atoms with E-state index in [4.69, 9.17) is 4.74 Å². The molecule has 1 aromatic heterocycles. The highest BCUT2D eigenvalue weighted by Crippen LogP contribution is 2.23. The van der Waals surface area contributed by atoms with Gasteiger partial charge in [0.15, 0.2) is 0 Å². The van der Waals surface area contributed by atoms with Crippen LogP contribution in [0.4, 0.5) is 0 Å². The summed E-state index contributed by atoms with van der Waals surface area (Å²) in [4.78, 5) is 18.7. The van der Waals surface area contributed by atoms with Gasteiger partial charge in [0.1, 0.15) is 0 Å². The van der Waals surface area contributed by atoms with E-state index in [0.29, 0.717) is 25.5 Å². The molecule has 26 heavy (non-hydrogen) atoms. The fourth-order valence-electron chi connectivity index (χ4n) is 3.66. The molecule has 0 bridgehead atoms. The van der Waals surface area contributed by atoms with Crippen molar-refractivity contribution in [1.82, 2.24) is 14.6 Å². The molecule has 2 aliphatic rings. The monoisotopic (exact) mass is 381 g/mol. The fourth-order valence-corrected chi connectivity index (χ4v) is 5.04. The number of carbonyl (C=O) groups excluding carboxylic acids is 1. The maximum absolute atomic E-state index is 12.7. The summed E-state index contributed by atoms with van der Waals surface area (Å²) in [5, 5.41) is 0. The smallest absolute Gasteiger partial charge is 0.225 e. The Labute approximate surface area is 155 Å². The number of nitrogens with zero attached hydrogens (tertiary/aromatic N) is 2. The van der Waals surface area contributed by atoms with Crippen LogP contribution in [-0.4, -0.2) is 56.3 Å². The lowest BCUT2D eigenvalue weighted by molar-refractivity contribution is -0.140. The average molecular weight is 381 g/mol. The number of amides is 1. The molecular weight excluding hydrogens is 354 g/mol. The van der Waals surface area contributed by atoms with E-state index >= 15 is 0 Å². The minimum atomic E-state index is -3.40. The van der Waals surface area contributed by atoms with E-state index < -0.39 is 10.0 Å². The Morgan fingerprint density at radius 1 is 1.27 bits per heavy atom. The molecule has 144 valence electrons. The van der Waals surface area contributed by atoms with Crippen LogP contribution in [0.1, 0.15) is 31.4 Å². The molecule has 2 aliphatic heterocycles. The van der Waals surface area contributed by atoms with Crippen molar-refractivity contribution in [2.24, 2.45) is 11.8 Å². The molecule has 3 rings (SSSR count). The standard InChI is InChI=1S/C18H27N3O4S/c22-18(16-6-10-25-11-7-16)21-9-3-4-15(13-21)14-26(23,24)20-12-17-5-1-2-8-19-17/h1-2,5,8,15-16,20H,3-4,6-7,9-14H2/t15-/m0/s1. The third-order valence-electron chi connectivity index (χ3n) is 5.06. The van der Waals surface area contributed by atoms with Gasteiger partial charge in [-0.05, 0) is 43.7 Å². The molecule has 0 aliphatic carbocycles. The minimum Gasteiger partial charge on any atom is -0.381 e. The Morgan fingerprint density at radius 2 is 2.08 bits per heavy atom. The second kappa shape index (κ2) is 8.92. The fraction of sp³-hybridized carbons (Fsp3) is 0.667. The van der Waals surface area contributed by atoms with Crippen molar-refractivity contribution in [1.29, 1.82) is 0 Å². The van der Waals surface area contributed by atoms with Crippen LogP contribution in [0.25, 0.3) is 0 Å². The van der Waals surface area contributed by atoms with Gasteiger partial charge in [0.2, 0.25) is 15.9 Å². The molecule has 1 N–H and O–H groups in total. The predicted molar refractivity (Wildman–Crippen MR) is 97.7 cm³/mol. The Kier molecular flexibility index (Phi) is 6.61. The highest BCUT2D eigenvalue weighted by atomic mass is 32.2. The Morgan fingerprint density at radius 3 is 2.81 bits per heavy atom. The van der Waals surface area contributed by atoms with Crippen molar-refractivity contribution in [3.63, 3.8) is 0 Å². The topological polar surface area (TPSA) is 88.6 Å². The summed E-state index contributed by atoms with van der Waals surface area (Å²) < 4.78 is 32.7. The number of pyridine rings is 1. The molecule has 0 radical (unpaired) electrons. The highest BCUT2D eigenvalue weighted by molar-refractivity contribution is 7.89. The van der Waals surface area contributed by atoms with E-state index in [0.717, 1.165) is 32.2 Å². The van der Waals surface area contributed by atoms with Crippen LogP contribution in [0.15, 0.2) is 24.4 Å². The Hall–Kier alpha value is -1.51. The zero-order chi connectivity index (χ0) is 18.4. The maximum Gasteiger partial charge on any atom is 0.225 e. The van der Waals surface area contributed by atoms with Crippen molar-refractivity contribution >= 4 is 15.9 Å². The van der Waals surface area contributed by atoms with Crippen LogP contribution in [0.2, 0.25) is 0 Å². The molecule has 0 spiro atoms. The Bertz CT molecular complexity index is 690. The number of ether oxygens (including phenoxy) is 1. The van der Waals surface area contributed by atoms with Gasteiger partial charge >= 0.3 is 0 Å². The second-order valence-corrected chi connectivity index (χ2v) is 8.95. The van der Waals surface area contributed by atoms with Crippen molar-refractivity contribution in [3.05, 3.63) is 30.1 Å².